The lowest BCUT2D eigenvalue weighted by Gasteiger charge is -2.25. The van der Waals surface area contributed by atoms with Crippen LogP contribution < -0.4 is 5.32 Å². The fraction of sp³-hybridized carbons (Fsp3) is 0.467. The maximum absolute atomic E-state index is 12.5. The number of hydrogen-bond acceptors (Lipinski definition) is 3. The molecule has 0 spiro atoms. The van der Waals surface area contributed by atoms with Gasteiger partial charge < -0.3 is 15.3 Å². The van der Waals surface area contributed by atoms with Crippen LogP contribution in [0.1, 0.15) is 24.8 Å². The Bertz CT molecular complexity index is 521. The van der Waals surface area contributed by atoms with Crippen molar-refractivity contribution in [3.63, 3.8) is 0 Å². The molecule has 1 fully saturated rings. The zero-order valence-corrected chi connectivity index (χ0v) is 12.5. The number of carbonyl (C=O) groups excluding carboxylic acids is 2. The van der Waals surface area contributed by atoms with Crippen LogP contribution in [0.25, 0.3) is 0 Å². The molecular formula is C15H19ClN2O3. The first-order valence-electron chi connectivity index (χ1n) is 7.03. The Balaban J connectivity index is 2.06. The molecule has 1 aliphatic heterocycles. The molecule has 114 valence electrons. The van der Waals surface area contributed by atoms with Gasteiger partial charge in [0, 0.05) is 31.1 Å². The van der Waals surface area contributed by atoms with Crippen molar-refractivity contribution in [2.24, 2.45) is 0 Å². The average molecular weight is 311 g/mol. The maximum Gasteiger partial charge on any atom is 0.245 e. The van der Waals surface area contributed by atoms with Crippen molar-refractivity contribution in [2.45, 2.75) is 31.8 Å². The van der Waals surface area contributed by atoms with Gasteiger partial charge in [0.2, 0.25) is 11.8 Å². The predicted octanol–water partition coefficient (Wildman–Crippen LogP) is 1.33. The molecule has 1 aromatic carbocycles. The summed E-state index contributed by atoms with van der Waals surface area (Å²) in [4.78, 5) is 25.4. The summed E-state index contributed by atoms with van der Waals surface area (Å²) in [6, 6.07) is 6.88. The fourth-order valence-electron chi connectivity index (χ4n) is 2.40. The van der Waals surface area contributed by atoms with Gasteiger partial charge in [-0.05, 0) is 30.5 Å². The summed E-state index contributed by atoms with van der Waals surface area (Å²) < 4.78 is 0. The van der Waals surface area contributed by atoms with Crippen LogP contribution in [0.4, 0.5) is 0 Å². The SMILES string of the molecule is O=C1CCC(C(=O)N(CCCO)Cc2cccc(Cl)c2)N1. The molecule has 2 amide bonds. The lowest BCUT2D eigenvalue weighted by atomic mass is 10.1. The number of rotatable bonds is 6. The van der Waals surface area contributed by atoms with Crippen LogP contribution in [0.15, 0.2) is 24.3 Å². The molecule has 0 aliphatic carbocycles. The third-order valence-corrected chi connectivity index (χ3v) is 3.69. The van der Waals surface area contributed by atoms with Gasteiger partial charge in [-0.2, -0.15) is 0 Å². The van der Waals surface area contributed by atoms with E-state index in [1.165, 1.54) is 0 Å². The number of aliphatic hydroxyl groups excluding tert-OH is 1. The number of hydrogen-bond donors (Lipinski definition) is 2. The molecular weight excluding hydrogens is 292 g/mol. The van der Waals surface area contributed by atoms with Gasteiger partial charge in [-0.15, -0.1) is 0 Å². The molecule has 1 heterocycles. The molecule has 1 aliphatic rings. The number of amides is 2. The molecule has 1 unspecified atom stereocenters. The van der Waals surface area contributed by atoms with E-state index in [9.17, 15) is 9.59 Å². The van der Waals surface area contributed by atoms with Crippen LogP contribution in [-0.2, 0) is 16.1 Å². The van der Waals surface area contributed by atoms with E-state index in [1.54, 1.807) is 11.0 Å². The average Bonchev–Trinajstić information content (AvgIpc) is 2.89. The van der Waals surface area contributed by atoms with Crippen LogP contribution in [0.3, 0.4) is 0 Å². The second kappa shape index (κ2) is 7.43. The zero-order chi connectivity index (χ0) is 15.2. The van der Waals surface area contributed by atoms with Crippen molar-refractivity contribution in [1.29, 1.82) is 0 Å². The molecule has 1 saturated heterocycles. The molecule has 0 saturated carbocycles. The Morgan fingerprint density at radius 3 is 2.90 bits per heavy atom. The monoisotopic (exact) mass is 310 g/mol. The van der Waals surface area contributed by atoms with E-state index in [2.05, 4.69) is 5.32 Å². The van der Waals surface area contributed by atoms with E-state index in [0.717, 1.165) is 5.56 Å². The maximum atomic E-state index is 12.5. The lowest BCUT2D eigenvalue weighted by Crippen LogP contribution is -2.44. The third-order valence-electron chi connectivity index (χ3n) is 3.45. The van der Waals surface area contributed by atoms with Crippen LogP contribution in [0, 0.1) is 0 Å². The summed E-state index contributed by atoms with van der Waals surface area (Å²) in [5.74, 6) is -0.188. The first-order valence-corrected chi connectivity index (χ1v) is 7.41. The normalized spacial score (nSPS) is 17.6. The highest BCUT2D eigenvalue weighted by atomic mass is 35.5. The molecule has 0 radical (unpaired) electrons. The Labute approximate surface area is 128 Å². The van der Waals surface area contributed by atoms with Gasteiger partial charge in [0.15, 0.2) is 0 Å². The summed E-state index contributed by atoms with van der Waals surface area (Å²) in [5.41, 5.74) is 0.929. The van der Waals surface area contributed by atoms with Crippen molar-refractivity contribution in [3.8, 4) is 0 Å². The Morgan fingerprint density at radius 1 is 1.48 bits per heavy atom. The quantitative estimate of drug-likeness (QED) is 0.833. The van der Waals surface area contributed by atoms with E-state index < -0.39 is 6.04 Å². The first-order chi connectivity index (χ1) is 10.1. The number of benzene rings is 1. The highest BCUT2D eigenvalue weighted by Gasteiger charge is 2.30. The molecule has 2 rings (SSSR count). The van der Waals surface area contributed by atoms with Crippen molar-refractivity contribution in [3.05, 3.63) is 34.9 Å². The van der Waals surface area contributed by atoms with Gasteiger partial charge >= 0.3 is 0 Å². The lowest BCUT2D eigenvalue weighted by molar-refractivity contribution is -0.135. The number of aliphatic hydroxyl groups is 1. The molecule has 2 N–H and O–H groups in total. The number of carbonyl (C=O) groups is 2. The summed E-state index contributed by atoms with van der Waals surface area (Å²) in [5, 5.41) is 12.3. The molecule has 1 atom stereocenters. The van der Waals surface area contributed by atoms with E-state index in [0.29, 0.717) is 37.4 Å². The zero-order valence-electron chi connectivity index (χ0n) is 11.7. The Hall–Kier alpha value is -1.59. The van der Waals surface area contributed by atoms with Gasteiger partial charge in [0.1, 0.15) is 6.04 Å². The molecule has 1 aromatic rings. The predicted molar refractivity (Wildman–Crippen MR) is 79.7 cm³/mol. The summed E-state index contributed by atoms with van der Waals surface area (Å²) in [6.45, 7) is 0.899. The van der Waals surface area contributed by atoms with E-state index in [4.69, 9.17) is 16.7 Å². The van der Waals surface area contributed by atoms with Gasteiger partial charge in [0.05, 0.1) is 0 Å². The largest absolute Gasteiger partial charge is 0.396 e. The summed E-state index contributed by atoms with van der Waals surface area (Å²) in [7, 11) is 0. The summed E-state index contributed by atoms with van der Waals surface area (Å²) in [6.07, 6.45) is 1.43. The highest BCUT2D eigenvalue weighted by molar-refractivity contribution is 6.30. The van der Waals surface area contributed by atoms with Gasteiger partial charge in [-0.25, -0.2) is 0 Å². The minimum absolute atomic E-state index is 0.0242. The Morgan fingerprint density at radius 2 is 2.29 bits per heavy atom. The number of nitrogens with zero attached hydrogens (tertiary/aromatic N) is 1. The fourth-order valence-corrected chi connectivity index (χ4v) is 2.62. The van der Waals surface area contributed by atoms with E-state index in [1.807, 2.05) is 18.2 Å². The van der Waals surface area contributed by atoms with Crippen molar-refractivity contribution < 1.29 is 14.7 Å². The van der Waals surface area contributed by atoms with Gasteiger partial charge in [-0.3, -0.25) is 9.59 Å². The van der Waals surface area contributed by atoms with Crippen molar-refractivity contribution in [1.82, 2.24) is 10.2 Å². The van der Waals surface area contributed by atoms with Crippen LogP contribution in [0.5, 0.6) is 0 Å². The minimum atomic E-state index is -0.449. The van der Waals surface area contributed by atoms with Gasteiger partial charge in [-0.1, -0.05) is 23.7 Å². The first kappa shape index (κ1) is 15.8. The van der Waals surface area contributed by atoms with Crippen LogP contribution in [0.2, 0.25) is 5.02 Å². The number of halogens is 1. The highest BCUT2D eigenvalue weighted by Crippen LogP contribution is 2.16. The van der Waals surface area contributed by atoms with Crippen molar-refractivity contribution in [2.75, 3.05) is 13.2 Å². The second-order valence-corrected chi connectivity index (χ2v) is 5.56. The van der Waals surface area contributed by atoms with E-state index >= 15 is 0 Å². The van der Waals surface area contributed by atoms with Crippen LogP contribution in [-0.4, -0.2) is 41.0 Å². The Kier molecular flexibility index (Phi) is 5.59. The standard InChI is InChI=1S/C15H19ClN2O3/c16-12-4-1-3-11(9-12)10-18(7-2-8-19)15(21)13-5-6-14(20)17-13/h1,3-4,9,13,19H,2,5-8,10H2,(H,17,20). The third kappa shape index (κ3) is 4.44. The smallest absolute Gasteiger partial charge is 0.245 e. The molecule has 5 nitrogen and oxygen atoms in total. The molecule has 21 heavy (non-hydrogen) atoms. The minimum Gasteiger partial charge on any atom is -0.396 e. The topological polar surface area (TPSA) is 69.6 Å². The van der Waals surface area contributed by atoms with Crippen molar-refractivity contribution >= 4 is 23.4 Å². The van der Waals surface area contributed by atoms with E-state index in [-0.39, 0.29) is 18.4 Å². The molecule has 0 aromatic heterocycles. The second-order valence-electron chi connectivity index (χ2n) is 5.13. The molecule has 0 bridgehead atoms. The van der Waals surface area contributed by atoms with Gasteiger partial charge in [0.25, 0.3) is 0 Å². The molecule has 6 heteroatoms. The number of nitrogens with one attached hydrogen (secondary N) is 1. The summed E-state index contributed by atoms with van der Waals surface area (Å²) >= 11 is 5.96. The van der Waals surface area contributed by atoms with Crippen LogP contribution >= 0.6 is 11.6 Å².